The topological polar surface area (TPSA) is 145 Å². The van der Waals surface area contributed by atoms with Crippen LogP contribution in [-0.4, -0.2) is 43.0 Å². The van der Waals surface area contributed by atoms with Gasteiger partial charge in [-0.25, -0.2) is 5.06 Å². The maximum Gasteiger partial charge on any atom is 0.341 e. The molecule has 1 rings (SSSR count). The number of hydrogen-bond acceptors (Lipinski definition) is 4. The molecular formula is C12H19NO8P2. The van der Waals surface area contributed by atoms with Crippen LogP contribution in [0, 0.1) is 5.92 Å². The molecule has 0 aliphatic rings. The largest absolute Gasteiger partial charge is 0.341 e. The van der Waals surface area contributed by atoms with Crippen molar-refractivity contribution < 1.29 is 38.3 Å². The molecule has 0 aliphatic carbocycles. The van der Waals surface area contributed by atoms with E-state index in [2.05, 4.69) is 0 Å². The lowest BCUT2D eigenvalue weighted by Crippen LogP contribution is -2.33. The van der Waals surface area contributed by atoms with Crippen LogP contribution < -0.4 is 0 Å². The molecule has 1 amide bonds. The van der Waals surface area contributed by atoms with Crippen molar-refractivity contribution in [2.45, 2.75) is 18.9 Å². The van der Waals surface area contributed by atoms with E-state index < -0.39 is 26.5 Å². The van der Waals surface area contributed by atoms with Gasteiger partial charge in [-0.1, -0.05) is 37.3 Å². The summed E-state index contributed by atoms with van der Waals surface area (Å²) in [5.41, 5.74) is 0.758. The first-order valence-corrected chi connectivity index (χ1v) is 9.91. The monoisotopic (exact) mass is 367 g/mol. The summed E-state index contributed by atoms with van der Waals surface area (Å²) in [6, 6.07) is 8.84. The van der Waals surface area contributed by atoms with Crippen LogP contribution in [0.2, 0.25) is 0 Å². The van der Waals surface area contributed by atoms with Crippen molar-refractivity contribution in [3.63, 3.8) is 0 Å². The Morgan fingerprint density at radius 3 is 2.09 bits per heavy atom. The summed E-state index contributed by atoms with van der Waals surface area (Å²) in [4.78, 5) is 52.8. The third-order valence-electron chi connectivity index (χ3n) is 3.02. The predicted molar refractivity (Wildman–Crippen MR) is 81.0 cm³/mol. The van der Waals surface area contributed by atoms with Crippen molar-refractivity contribution in [3.8, 4) is 0 Å². The minimum absolute atomic E-state index is 0.0305. The number of hydrogen-bond donors (Lipinski definition) is 4. The minimum atomic E-state index is -5.06. The normalized spacial score (nSPS) is 13.8. The fourth-order valence-electron chi connectivity index (χ4n) is 2.09. The Morgan fingerprint density at radius 2 is 1.65 bits per heavy atom. The van der Waals surface area contributed by atoms with Crippen LogP contribution >= 0.6 is 15.2 Å². The van der Waals surface area contributed by atoms with Gasteiger partial charge in [0, 0.05) is 5.92 Å². The van der Waals surface area contributed by atoms with Crippen molar-refractivity contribution in [1.82, 2.24) is 5.06 Å². The SMILES string of the molecule is CC(CN(C=O)OCc1ccccc1)C(P(=O)(O)O)P(=O)(O)O. The second-order valence-corrected chi connectivity index (χ2v) is 8.91. The lowest BCUT2D eigenvalue weighted by Gasteiger charge is -2.28. The van der Waals surface area contributed by atoms with Gasteiger partial charge in [0.1, 0.15) is 6.61 Å². The lowest BCUT2D eigenvalue weighted by atomic mass is 10.2. The molecule has 0 heterocycles. The summed E-state index contributed by atoms with van der Waals surface area (Å²) < 4.78 is 22.6. The molecule has 11 heteroatoms. The van der Waals surface area contributed by atoms with Crippen molar-refractivity contribution in [3.05, 3.63) is 35.9 Å². The number of carbonyl (C=O) groups is 1. The van der Waals surface area contributed by atoms with Crippen LogP contribution in [0.4, 0.5) is 0 Å². The Labute approximate surface area is 133 Å². The Morgan fingerprint density at radius 1 is 1.13 bits per heavy atom. The van der Waals surface area contributed by atoms with Crippen LogP contribution in [0.5, 0.6) is 0 Å². The van der Waals surface area contributed by atoms with E-state index in [-0.39, 0.29) is 19.6 Å². The zero-order chi connectivity index (χ0) is 17.7. The first kappa shape index (κ1) is 20.0. The van der Waals surface area contributed by atoms with Gasteiger partial charge in [-0.2, -0.15) is 0 Å². The van der Waals surface area contributed by atoms with Gasteiger partial charge in [-0.3, -0.25) is 18.8 Å². The van der Waals surface area contributed by atoms with Crippen LogP contribution in [0.1, 0.15) is 12.5 Å². The standard InChI is InChI=1S/C12H19NO8P2/c1-10(12(22(15,16)17)23(18,19)20)7-13(9-14)21-8-11-5-3-2-4-6-11/h2-6,9-10,12H,7-8H2,1H3,(H2,15,16,17)(H2,18,19,20). The van der Waals surface area contributed by atoms with Gasteiger partial charge in [0.25, 0.3) is 0 Å². The average molecular weight is 367 g/mol. The highest BCUT2D eigenvalue weighted by molar-refractivity contribution is 7.70. The number of amides is 1. The minimum Gasteiger partial charge on any atom is -0.324 e. The van der Waals surface area contributed by atoms with Crippen LogP contribution in [0.15, 0.2) is 30.3 Å². The molecule has 1 unspecified atom stereocenters. The average Bonchev–Trinajstić information content (AvgIpc) is 2.41. The van der Waals surface area contributed by atoms with Gasteiger partial charge in [0.2, 0.25) is 6.41 Å². The maximum absolute atomic E-state index is 11.3. The molecule has 1 aromatic rings. The van der Waals surface area contributed by atoms with E-state index in [0.29, 0.717) is 0 Å². The summed E-state index contributed by atoms with van der Waals surface area (Å²) in [6.07, 6.45) is 0.288. The van der Waals surface area contributed by atoms with E-state index in [1.807, 2.05) is 0 Å². The summed E-state index contributed by atoms with van der Waals surface area (Å²) in [5.74, 6) is -1.18. The Bertz CT molecular complexity index is 576. The van der Waals surface area contributed by atoms with Gasteiger partial charge in [-0.15, -0.1) is 0 Å². The van der Waals surface area contributed by atoms with Crippen LogP contribution in [-0.2, 0) is 25.4 Å². The molecule has 9 nitrogen and oxygen atoms in total. The molecule has 0 radical (unpaired) electrons. The highest BCUT2D eigenvalue weighted by Gasteiger charge is 2.47. The molecule has 1 aromatic carbocycles. The Kier molecular flexibility index (Phi) is 7.10. The summed E-state index contributed by atoms with van der Waals surface area (Å²) in [6.45, 7) is 0.880. The summed E-state index contributed by atoms with van der Waals surface area (Å²) in [5, 5.41) is -1.44. The molecule has 4 N–H and O–H groups in total. The third-order valence-corrected chi connectivity index (χ3v) is 7.22. The molecule has 0 spiro atoms. The molecular weight excluding hydrogens is 348 g/mol. The maximum atomic E-state index is 11.3. The molecule has 23 heavy (non-hydrogen) atoms. The van der Waals surface area contributed by atoms with E-state index in [4.69, 9.17) is 24.4 Å². The fraction of sp³-hybridized carbons (Fsp3) is 0.417. The van der Waals surface area contributed by atoms with E-state index in [0.717, 1.165) is 10.6 Å². The number of nitrogens with zero attached hydrogens (tertiary/aromatic N) is 1. The smallest absolute Gasteiger partial charge is 0.324 e. The summed E-state index contributed by atoms with van der Waals surface area (Å²) in [7, 11) is -10.1. The van der Waals surface area contributed by atoms with Gasteiger partial charge in [0.15, 0.2) is 5.40 Å². The molecule has 0 aliphatic heterocycles. The fourth-order valence-corrected chi connectivity index (χ4v) is 5.18. The number of benzene rings is 1. The second kappa shape index (κ2) is 8.17. The molecule has 0 aromatic heterocycles. The number of rotatable bonds is 9. The van der Waals surface area contributed by atoms with Crippen LogP contribution in [0.25, 0.3) is 0 Å². The molecule has 130 valence electrons. The molecule has 0 saturated heterocycles. The van der Waals surface area contributed by atoms with Gasteiger partial charge >= 0.3 is 15.2 Å². The number of hydroxylamine groups is 2. The zero-order valence-electron chi connectivity index (χ0n) is 12.3. The number of carbonyl (C=O) groups excluding carboxylic acids is 1. The third kappa shape index (κ3) is 6.53. The Balaban J connectivity index is 2.75. The first-order valence-electron chi connectivity index (χ1n) is 6.55. The van der Waals surface area contributed by atoms with E-state index in [1.54, 1.807) is 30.3 Å². The highest BCUT2D eigenvalue weighted by atomic mass is 31.2. The van der Waals surface area contributed by atoms with Crippen molar-refractivity contribution in [1.29, 1.82) is 0 Å². The van der Waals surface area contributed by atoms with Gasteiger partial charge in [0.05, 0.1) is 6.54 Å². The van der Waals surface area contributed by atoms with E-state index >= 15 is 0 Å². The van der Waals surface area contributed by atoms with Crippen molar-refractivity contribution >= 4 is 21.6 Å². The van der Waals surface area contributed by atoms with Crippen LogP contribution in [0.3, 0.4) is 0 Å². The van der Waals surface area contributed by atoms with Gasteiger partial charge < -0.3 is 19.6 Å². The van der Waals surface area contributed by atoms with Gasteiger partial charge in [-0.05, 0) is 5.56 Å². The zero-order valence-corrected chi connectivity index (χ0v) is 14.1. The van der Waals surface area contributed by atoms with E-state index in [1.165, 1.54) is 6.92 Å². The summed E-state index contributed by atoms with van der Waals surface area (Å²) >= 11 is 0. The lowest BCUT2D eigenvalue weighted by molar-refractivity contribution is -0.180. The molecule has 0 fully saturated rings. The highest BCUT2D eigenvalue weighted by Crippen LogP contribution is 2.62. The molecule has 0 saturated carbocycles. The van der Waals surface area contributed by atoms with Crippen molar-refractivity contribution in [2.24, 2.45) is 5.92 Å². The second-order valence-electron chi connectivity index (χ2n) is 5.03. The van der Waals surface area contributed by atoms with Crippen molar-refractivity contribution in [2.75, 3.05) is 6.54 Å². The predicted octanol–water partition coefficient (Wildman–Crippen LogP) is 0.894. The Hall–Kier alpha value is -1.05. The van der Waals surface area contributed by atoms with E-state index in [9.17, 15) is 13.9 Å². The molecule has 0 bridgehead atoms. The first-order chi connectivity index (χ1) is 10.6. The quantitative estimate of drug-likeness (QED) is 0.286. The molecule has 1 atom stereocenters.